The first-order valence-electron chi connectivity index (χ1n) is 9.61. The molecule has 5 rings (SSSR count). The number of benzene rings is 1. The number of pyridine rings is 1. The fraction of sp³-hybridized carbons (Fsp3) is 0.333. The highest BCUT2D eigenvalue weighted by Gasteiger charge is 2.34. The summed E-state index contributed by atoms with van der Waals surface area (Å²) in [7, 11) is 0. The second kappa shape index (κ2) is 6.51. The number of carbonyl (C=O) groups is 1. The van der Waals surface area contributed by atoms with E-state index >= 15 is 0 Å². The Morgan fingerprint density at radius 1 is 1.18 bits per heavy atom. The van der Waals surface area contributed by atoms with Gasteiger partial charge in [-0.3, -0.25) is 4.79 Å². The molecule has 2 aliphatic rings. The smallest absolute Gasteiger partial charge is 0.254 e. The summed E-state index contributed by atoms with van der Waals surface area (Å²) in [5, 5.41) is 8.38. The molecule has 1 fully saturated rings. The molecule has 3 aromatic rings. The molecule has 1 saturated carbocycles. The Hall–Kier alpha value is -3.09. The van der Waals surface area contributed by atoms with Gasteiger partial charge in [-0.2, -0.15) is 4.39 Å². The number of rotatable bonds is 3. The minimum atomic E-state index is -0.589. The van der Waals surface area contributed by atoms with Crippen LogP contribution in [0.1, 0.15) is 47.3 Å². The van der Waals surface area contributed by atoms with Gasteiger partial charge in [0, 0.05) is 29.9 Å². The average molecular weight is 377 g/mol. The molecule has 0 atom stereocenters. The standard InChI is InChI=1S/C21H20FN5O/c1-13-19(24-25-27(13)18-7-4-10-23-20(18)22)14-8-9-17-15(11-14)12-26(21(17)28)16-5-2-3-6-16/h4,7-11,16H,2-3,5-6,12H2,1H3. The highest BCUT2D eigenvalue weighted by atomic mass is 19.1. The Bertz CT molecular complexity index is 1070. The first-order valence-corrected chi connectivity index (χ1v) is 9.61. The number of hydrogen-bond acceptors (Lipinski definition) is 4. The lowest BCUT2D eigenvalue weighted by atomic mass is 10.0. The molecule has 0 spiro atoms. The van der Waals surface area contributed by atoms with E-state index < -0.39 is 5.95 Å². The lowest BCUT2D eigenvalue weighted by Gasteiger charge is -2.23. The molecule has 1 amide bonds. The van der Waals surface area contributed by atoms with Crippen LogP contribution in [0.3, 0.4) is 0 Å². The van der Waals surface area contributed by atoms with Gasteiger partial charge < -0.3 is 4.90 Å². The van der Waals surface area contributed by atoms with Crippen LogP contribution in [0, 0.1) is 12.9 Å². The summed E-state index contributed by atoms with van der Waals surface area (Å²) in [4.78, 5) is 18.5. The number of halogens is 1. The number of nitrogens with zero attached hydrogens (tertiary/aromatic N) is 5. The molecule has 7 heteroatoms. The number of carbonyl (C=O) groups excluding carboxylic acids is 1. The SMILES string of the molecule is Cc1c(-c2ccc3c(c2)CN(C2CCCC2)C3=O)nnn1-c1cccnc1F. The first-order chi connectivity index (χ1) is 13.6. The lowest BCUT2D eigenvalue weighted by molar-refractivity contribution is 0.0707. The Kier molecular flexibility index (Phi) is 3.96. The normalized spacial score (nSPS) is 16.8. The summed E-state index contributed by atoms with van der Waals surface area (Å²) in [5.41, 5.74) is 4.35. The van der Waals surface area contributed by atoms with Crippen LogP contribution in [0.5, 0.6) is 0 Å². The molecule has 2 aromatic heterocycles. The van der Waals surface area contributed by atoms with Crippen LogP contribution >= 0.6 is 0 Å². The van der Waals surface area contributed by atoms with Crippen molar-refractivity contribution in [3.8, 4) is 16.9 Å². The van der Waals surface area contributed by atoms with Crippen molar-refractivity contribution in [3.05, 3.63) is 59.3 Å². The zero-order valence-corrected chi connectivity index (χ0v) is 15.6. The predicted octanol–water partition coefficient (Wildman–Crippen LogP) is 3.68. The predicted molar refractivity (Wildman–Crippen MR) is 101 cm³/mol. The number of amides is 1. The maximum Gasteiger partial charge on any atom is 0.254 e. The van der Waals surface area contributed by atoms with Crippen molar-refractivity contribution in [2.75, 3.05) is 0 Å². The molecule has 1 aliphatic heterocycles. The summed E-state index contributed by atoms with van der Waals surface area (Å²) in [6.07, 6.45) is 5.99. The molecule has 0 saturated heterocycles. The van der Waals surface area contributed by atoms with Crippen molar-refractivity contribution in [1.29, 1.82) is 0 Å². The molecule has 3 heterocycles. The maximum atomic E-state index is 14.0. The molecule has 0 unspecified atom stereocenters. The van der Waals surface area contributed by atoms with Crippen LogP contribution in [0.15, 0.2) is 36.5 Å². The van der Waals surface area contributed by atoms with Gasteiger partial charge >= 0.3 is 0 Å². The van der Waals surface area contributed by atoms with Crippen LogP contribution < -0.4 is 0 Å². The molecule has 0 bridgehead atoms. The molecule has 0 radical (unpaired) electrons. The van der Waals surface area contributed by atoms with Gasteiger partial charge in [0.2, 0.25) is 5.95 Å². The number of aromatic nitrogens is 4. The van der Waals surface area contributed by atoms with Crippen LogP contribution in [0.2, 0.25) is 0 Å². The van der Waals surface area contributed by atoms with Crippen LogP contribution in [0.4, 0.5) is 4.39 Å². The van der Waals surface area contributed by atoms with Gasteiger partial charge in [0.05, 0.1) is 5.69 Å². The summed E-state index contributed by atoms with van der Waals surface area (Å²) >= 11 is 0. The highest BCUT2D eigenvalue weighted by Crippen LogP contribution is 2.34. The zero-order chi connectivity index (χ0) is 19.3. The third-order valence-corrected chi connectivity index (χ3v) is 5.84. The van der Waals surface area contributed by atoms with Crippen molar-refractivity contribution >= 4 is 5.91 Å². The molecule has 6 nitrogen and oxygen atoms in total. The third kappa shape index (κ3) is 2.61. The highest BCUT2D eigenvalue weighted by molar-refractivity contribution is 5.99. The quantitative estimate of drug-likeness (QED) is 0.653. The van der Waals surface area contributed by atoms with Gasteiger partial charge in [0.15, 0.2) is 0 Å². The maximum absolute atomic E-state index is 14.0. The third-order valence-electron chi connectivity index (χ3n) is 5.84. The van der Waals surface area contributed by atoms with E-state index in [1.165, 1.54) is 23.7 Å². The Morgan fingerprint density at radius 3 is 2.79 bits per heavy atom. The Labute approximate surface area is 162 Å². The van der Waals surface area contributed by atoms with Crippen LogP contribution in [0.25, 0.3) is 16.9 Å². The van der Waals surface area contributed by atoms with Crippen molar-refractivity contribution < 1.29 is 9.18 Å². The van der Waals surface area contributed by atoms with E-state index in [-0.39, 0.29) is 11.6 Å². The van der Waals surface area contributed by atoms with Crippen molar-refractivity contribution in [2.45, 2.75) is 45.2 Å². The van der Waals surface area contributed by atoms with Gasteiger partial charge in [0.1, 0.15) is 11.4 Å². The van der Waals surface area contributed by atoms with Gasteiger partial charge in [0.25, 0.3) is 5.91 Å². The summed E-state index contributed by atoms with van der Waals surface area (Å²) in [6.45, 7) is 2.50. The van der Waals surface area contributed by atoms with Crippen LogP contribution in [-0.4, -0.2) is 36.8 Å². The topological polar surface area (TPSA) is 63.9 Å². The van der Waals surface area contributed by atoms with E-state index in [0.717, 1.165) is 35.2 Å². The number of fused-ring (bicyclic) bond motifs is 1. The molecular weight excluding hydrogens is 357 g/mol. The molecule has 1 aliphatic carbocycles. The van der Waals surface area contributed by atoms with Gasteiger partial charge in [-0.25, -0.2) is 9.67 Å². The van der Waals surface area contributed by atoms with E-state index in [1.54, 1.807) is 12.1 Å². The summed E-state index contributed by atoms with van der Waals surface area (Å²) < 4.78 is 15.5. The van der Waals surface area contributed by atoms with E-state index in [0.29, 0.717) is 18.3 Å². The van der Waals surface area contributed by atoms with Crippen LogP contribution in [-0.2, 0) is 6.54 Å². The van der Waals surface area contributed by atoms with E-state index in [2.05, 4.69) is 15.3 Å². The summed E-state index contributed by atoms with van der Waals surface area (Å²) in [6, 6.07) is 9.44. The average Bonchev–Trinajstić information content (AvgIpc) is 3.42. The molecule has 142 valence electrons. The minimum Gasteiger partial charge on any atom is -0.331 e. The van der Waals surface area contributed by atoms with Crippen molar-refractivity contribution in [1.82, 2.24) is 24.9 Å². The van der Waals surface area contributed by atoms with E-state index in [1.807, 2.05) is 30.0 Å². The minimum absolute atomic E-state index is 0.131. The van der Waals surface area contributed by atoms with Gasteiger partial charge in [-0.05, 0) is 49.6 Å². The Balaban J connectivity index is 1.49. The van der Waals surface area contributed by atoms with Gasteiger partial charge in [-0.1, -0.05) is 24.1 Å². The zero-order valence-electron chi connectivity index (χ0n) is 15.6. The van der Waals surface area contributed by atoms with Gasteiger partial charge in [-0.15, -0.1) is 5.10 Å². The van der Waals surface area contributed by atoms with E-state index in [4.69, 9.17) is 0 Å². The monoisotopic (exact) mass is 377 g/mol. The lowest BCUT2D eigenvalue weighted by Crippen LogP contribution is -2.33. The first kappa shape index (κ1) is 17.0. The second-order valence-corrected chi connectivity index (χ2v) is 7.49. The largest absolute Gasteiger partial charge is 0.331 e. The Morgan fingerprint density at radius 2 is 2.00 bits per heavy atom. The van der Waals surface area contributed by atoms with Crippen molar-refractivity contribution in [3.63, 3.8) is 0 Å². The number of hydrogen-bond donors (Lipinski definition) is 0. The van der Waals surface area contributed by atoms with E-state index in [9.17, 15) is 9.18 Å². The second-order valence-electron chi connectivity index (χ2n) is 7.49. The summed E-state index contributed by atoms with van der Waals surface area (Å²) in [5.74, 6) is -0.458. The molecular formula is C21H20FN5O. The fourth-order valence-electron chi connectivity index (χ4n) is 4.36. The van der Waals surface area contributed by atoms with Crippen molar-refractivity contribution in [2.24, 2.45) is 0 Å². The molecule has 0 N–H and O–H groups in total. The molecule has 28 heavy (non-hydrogen) atoms. The fourth-order valence-corrected chi connectivity index (χ4v) is 4.36. The molecule has 1 aromatic carbocycles.